The van der Waals surface area contributed by atoms with Gasteiger partial charge in [0.15, 0.2) is 0 Å². The lowest BCUT2D eigenvalue weighted by Crippen LogP contribution is -2.18. The molecule has 0 aromatic heterocycles. The number of nitrogens with zero attached hydrogens (tertiary/aromatic N) is 1. The number of nitrogens with two attached hydrogens (primary N) is 2. The maximum Gasteiger partial charge on any atom is 0.255 e. The van der Waals surface area contributed by atoms with Crippen molar-refractivity contribution in [2.45, 2.75) is 11.8 Å². The van der Waals surface area contributed by atoms with Crippen LogP contribution in [0, 0.1) is 24.1 Å². The zero-order valence-electron chi connectivity index (χ0n) is 12.5. The van der Waals surface area contributed by atoms with Crippen LogP contribution in [0.15, 0.2) is 35.2 Å². The van der Waals surface area contributed by atoms with Crippen molar-refractivity contribution in [3.63, 3.8) is 0 Å². The van der Waals surface area contributed by atoms with Crippen molar-refractivity contribution in [3.8, 4) is 6.07 Å². The Labute approximate surface area is 137 Å². The lowest BCUT2D eigenvalue weighted by Gasteiger charge is -2.11. The lowest BCUT2D eigenvalue weighted by molar-refractivity contribution is 0.102. The lowest BCUT2D eigenvalue weighted by atomic mass is 10.1. The molecule has 0 radical (unpaired) electrons. The van der Waals surface area contributed by atoms with E-state index in [0.717, 1.165) is 12.1 Å². The fourth-order valence-electron chi connectivity index (χ4n) is 2.09. The first-order valence-electron chi connectivity index (χ1n) is 6.57. The summed E-state index contributed by atoms with van der Waals surface area (Å²) in [5, 5.41) is 16.3. The first kappa shape index (κ1) is 17.4. The van der Waals surface area contributed by atoms with Crippen molar-refractivity contribution < 1.29 is 17.6 Å². The van der Waals surface area contributed by atoms with Crippen LogP contribution in [0.2, 0.25) is 0 Å². The van der Waals surface area contributed by atoms with Crippen LogP contribution in [0.3, 0.4) is 0 Å². The van der Waals surface area contributed by atoms with Crippen molar-refractivity contribution in [2.75, 3.05) is 11.1 Å². The summed E-state index contributed by atoms with van der Waals surface area (Å²) in [7, 11) is -4.09. The average molecular weight is 348 g/mol. The van der Waals surface area contributed by atoms with Gasteiger partial charge in [-0.25, -0.2) is 17.9 Å². The number of hydrogen-bond donors (Lipinski definition) is 3. The second-order valence-electron chi connectivity index (χ2n) is 5.01. The molecule has 1 amide bonds. The van der Waals surface area contributed by atoms with Gasteiger partial charge in [-0.05, 0) is 42.8 Å². The standard InChI is InChI=1S/C15H13FN4O3S/c1-8-4-13(18)14(24(19,22)23)6-11(8)15(21)20-10-2-3-12(16)9(5-10)7-17/h2-6H,18H2,1H3,(H,20,21)(H2,19,22,23). The number of aryl methyl sites for hydroxylation is 1. The maximum atomic E-state index is 13.3. The summed E-state index contributed by atoms with van der Waals surface area (Å²) >= 11 is 0. The van der Waals surface area contributed by atoms with E-state index in [1.54, 1.807) is 13.0 Å². The molecule has 24 heavy (non-hydrogen) atoms. The molecule has 2 aromatic rings. The third-order valence-electron chi connectivity index (χ3n) is 3.25. The number of carbonyl (C=O) groups is 1. The minimum Gasteiger partial charge on any atom is -0.398 e. The largest absolute Gasteiger partial charge is 0.398 e. The molecule has 2 aromatic carbocycles. The molecule has 0 aliphatic heterocycles. The van der Waals surface area contributed by atoms with Gasteiger partial charge in [0.05, 0.1) is 11.3 Å². The van der Waals surface area contributed by atoms with E-state index in [9.17, 15) is 17.6 Å². The Morgan fingerprint density at radius 2 is 1.96 bits per heavy atom. The summed E-state index contributed by atoms with van der Waals surface area (Å²) in [5.41, 5.74) is 5.97. The minimum atomic E-state index is -4.09. The van der Waals surface area contributed by atoms with Gasteiger partial charge in [0.1, 0.15) is 16.8 Å². The topological polar surface area (TPSA) is 139 Å². The highest BCUT2D eigenvalue weighted by Crippen LogP contribution is 2.23. The first-order valence-corrected chi connectivity index (χ1v) is 8.12. The number of hydrogen-bond acceptors (Lipinski definition) is 5. The summed E-state index contributed by atoms with van der Waals surface area (Å²) in [5.74, 6) is -1.36. The molecule has 5 N–H and O–H groups in total. The SMILES string of the molecule is Cc1cc(N)c(S(N)(=O)=O)cc1C(=O)Nc1ccc(F)c(C#N)c1. The van der Waals surface area contributed by atoms with E-state index in [0.29, 0.717) is 5.56 Å². The predicted molar refractivity (Wildman–Crippen MR) is 86.0 cm³/mol. The Bertz CT molecular complexity index is 981. The molecular weight excluding hydrogens is 335 g/mol. The van der Waals surface area contributed by atoms with Gasteiger partial charge >= 0.3 is 0 Å². The van der Waals surface area contributed by atoms with Crippen molar-refractivity contribution in [1.82, 2.24) is 0 Å². The summed E-state index contributed by atoms with van der Waals surface area (Å²) in [6.07, 6.45) is 0. The molecule has 0 spiro atoms. The molecular formula is C15H13FN4O3S. The fourth-order valence-corrected chi connectivity index (χ4v) is 2.76. The number of halogens is 1. The van der Waals surface area contributed by atoms with Crippen LogP contribution >= 0.6 is 0 Å². The Morgan fingerprint density at radius 1 is 1.29 bits per heavy atom. The number of nitrogens with one attached hydrogen (secondary N) is 1. The van der Waals surface area contributed by atoms with E-state index in [-0.39, 0.29) is 27.4 Å². The van der Waals surface area contributed by atoms with Crippen molar-refractivity contribution in [2.24, 2.45) is 5.14 Å². The van der Waals surface area contributed by atoms with E-state index >= 15 is 0 Å². The predicted octanol–water partition coefficient (Wildman–Crippen LogP) is 1.49. The summed E-state index contributed by atoms with van der Waals surface area (Å²) < 4.78 is 36.3. The zero-order valence-corrected chi connectivity index (χ0v) is 13.3. The molecule has 0 fully saturated rings. The molecule has 0 atom stereocenters. The Hall–Kier alpha value is -2.96. The Morgan fingerprint density at radius 3 is 2.54 bits per heavy atom. The van der Waals surface area contributed by atoms with Gasteiger partial charge in [-0.2, -0.15) is 5.26 Å². The smallest absolute Gasteiger partial charge is 0.255 e. The molecule has 0 bridgehead atoms. The number of rotatable bonds is 3. The van der Waals surface area contributed by atoms with Gasteiger partial charge in [-0.3, -0.25) is 4.79 Å². The van der Waals surface area contributed by atoms with Crippen LogP contribution in [-0.2, 0) is 10.0 Å². The molecule has 0 saturated carbocycles. The van der Waals surface area contributed by atoms with Crippen molar-refractivity contribution in [1.29, 1.82) is 5.26 Å². The van der Waals surface area contributed by atoms with E-state index in [1.807, 2.05) is 0 Å². The molecule has 7 nitrogen and oxygen atoms in total. The van der Waals surface area contributed by atoms with Gasteiger partial charge in [-0.15, -0.1) is 0 Å². The average Bonchev–Trinajstić information content (AvgIpc) is 2.47. The Kier molecular flexibility index (Phi) is 4.54. The number of anilines is 2. The number of amides is 1. The van der Waals surface area contributed by atoms with Crippen molar-refractivity contribution in [3.05, 3.63) is 52.8 Å². The van der Waals surface area contributed by atoms with Gasteiger partial charge in [0.25, 0.3) is 5.91 Å². The summed E-state index contributed by atoms with van der Waals surface area (Å²) in [6, 6.07) is 7.54. The number of primary sulfonamides is 1. The van der Waals surface area contributed by atoms with Crippen LogP contribution in [0.4, 0.5) is 15.8 Å². The van der Waals surface area contributed by atoms with Crippen LogP contribution in [0.1, 0.15) is 21.5 Å². The van der Waals surface area contributed by atoms with E-state index in [1.165, 1.54) is 18.2 Å². The normalized spacial score (nSPS) is 10.9. The van der Waals surface area contributed by atoms with E-state index in [4.69, 9.17) is 16.1 Å². The molecule has 0 saturated heterocycles. The molecule has 0 aliphatic carbocycles. The monoisotopic (exact) mass is 348 g/mol. The minimum absolute atomic E-state index is 0.0380. The van der Waals surface area contributed by atoms with Crippen LogP contribution in [-0.4, -0.2) is 14.3 Å². The zero-order chi connectivity index (χ0) is 18.1. The number of nitriles is 1. The number of nitrogen functional groups attached to an aromatic ring is 1. The molecule has 9 heteroatoms. The number of benzene rings is 2. The maximum absolute atomic E-state index is 13.3. The third-order valence-corrected chi connectivity index (χ3v) is 4.22. The molecule has 0 unspecified atom stereocenters. The fraction of sp³-hybridized carbons (Fsp3) is 0.0667. The van der Waals surface area contributed by atoms with Crippen LogP contribution < -0.4 is 16.2 Å². The van der Waals surface area contributed by atoms with E-state index in [2.05, 4.69) is 5.32 Å². The first-order chi connectivity index (χ1) is 11.1. The highest BCUT2D eigenvalue weighted by Gasteiger charge is 2.18. The molecule has 124 valence electrons. The number of carbonyl (C=O) groups excluding carboxylic acids is 1. The molecule has 0 aliphatic rings. The van der Waals surface area contributed by atoms with Crippen LogP contribution in [0.25, 0.3) is 0 Å². The third kappa shape index (κ3) is 3.51. The van der Waals surface area contributed by atoms with E-state index < -0.39 is 21.7 Å². The highest BCUT2D eigenvalue weighted by atomic mass is 32.2. The molecule has 2 rings (SSSR count). The Balaban J connectivity index is 2.42. The second-order valence-corrected chi connectivity index (χ2v) is 6.54. The quantitative estimate of drug-likeness (QED) is 0.721. The van der Waals surface area contributed by atoms with Crippen LogP contribution in [0.5, 0.6) is 0 Å². The number of sulfonamides is 1. The second kappa shape index (κ2) is 6.27. The molecule has 0 heterocycles. The van der Waals surface area contributed by atoms with Gasteiger partial charge in [0.2, 0.25) is 10.0 Å². The highest BCUT2D eigenvalue weighted by molar-refractivity contribution is 7.89. The van der Waals surface area contributed by atoms with Gasteiger partial charge < -0.3 is 11.1 Å². The van der Waals surface area contributed by atoms with Crippen molar-refractivity contribution >= 4 is 27.3 Å². The summed E-state index contributed by atoms with van der Waals surface area (Å²) in [4.78, 5) is 12.0. The summed E-state index contributed by atoms with van der Waals surface area (Å²) in [6.45, 7) is 1.57. The van der Waals surface area contributed by atoms with Gasteiger partial charge in [-0.1, -0.05) is 0 Å². The van der Waals surface area contributed by atoms with Gasteiger partial charge in [0, 0.05) is 11.3 Å².